The van der Waals surface area contributed by atoms with Crippen LogP contribution in [0.4, 0.5) is 0 Å². The van der Waals surface area contributed by atoms with E-state index >= 15 is 0 Å². The van der Waals surface area contributed by atoms with Crippen molar-refractivity contribution >= 4 is 10.8 Å². The lowest BCUT2D eigenvalue weighted by atomic mass is 10.2. The summed E-state index contributed by atoms with van der Waals surface area (Å²) in [6.07, 6.45) is 2.54. The fourth-order valence-electron chi connectivity index (χ4n) is 2.12. The van der Waals surface area contributed by atoms with E-state index in [4.69, 9.17) is 4.74 Å². The maximum Gasteiger partial charge on any atom is 0.120 e. The molecule has 0 saturated heterocycles. The number of nitrogens with one attached hydrogen (secondary N) is 1. The van der Waals surface area contributed by atoms with E-state index in [9.17, 15) is 4.21 Å². The first-order valence-electron chi connectivity index (χ1n) is 6.50. The predicted molar refractivity (Wildman–Crippen MR) is 74.5 cm³/mol. The Labute approximate surface area is 111 Å². The van der Waals surface area contributed by atoms with E-state index in [1.165, 1.54) is 12.8 Å². The Morgan fingerprint density at radius 1 is 1.50 bits per heavy atom. The number of methoxy groups -OCH3 is 1. The molecule has 0 bridgehead atoms. The van der Waals surface area contributed by atoms with Gasteiger partial charge in [0.1, 0.15) is 5.75 Å². The molecule has 3 nitrogen and oxygen atoms in total. The van der Waals surface area contributed by atoms with E-state index in [-0.39, 0.29) is 0 Å². The molecule has 1 aliphatic carbocycles. The average molecular weight is 267 g/mol. The summed E-state index contributed by atoms with van der Waals surface area (Å²) in [6, 6.07) is 7.94. The van der Waals surface area contributed by atoms with E-state index in [1.807, 2.05) is 24.3 Å². The van der Waals surface area contributed by atoms with Crippen LogP contribution in [0.25, 0.3) is 0 Å². The molecular weight excluding hydrogens is 246 g/mol. The molecule has 0 heterocycles. The second-order valence-electron chi connectivity index (χ2n) is 4.69. The molecule has 0 amide bonds. The minimum absolute atomic E-state index is 0.391. The highest BCUT2D eigenvalue weighted by Crippen LogP contribution is 2.33. The second-order valence-corrected chi connectivity index (χ2v) is 6.19. The topological polar surface area (TPSA) is 38.3 Å². The summed E-state index contributed by atoms with van der Waals surface area (Å²) in [6.45, 7) is 3.04. The van der Waals surface area contributed by atoms with Crippen LogP contribution in [0, 0.1) is 5.92 Å². The van der Waals surface area contributed by atoms with Crippen molar-refractivity contribution in [2.75, 3.05) is 19.4 Å². The number of rotatable bonds is 7. The molecule has 1 aromatic carbocycles. The van der Waals surface area contributed by atoms with Gasteiger partial charge in [-0.2, -0.15) is 0 Å². The van der Waals surface area contributed by atoms with Crippen LogP contribution < -0.4 is 10.1 Å². The molecule has 0 radical (unpaired) electrons. The Morgan fingerprint density at radius 3 is 2.89 bits per heavy atom. The summed E-state index contributed by atoms with van der Waals surface area (Å²) in [5.74, 6) is 2.19. The molecule has 1 aliphatic rings. The predicted octanol–water partition coefficient (Wildman–Crippen LogP) is 2.19. The van der Waals surface area contributed by atoms with Gasteiger partial charge < -0.3 is 10.1 Å². The molecule has 1 N–H and O–H groups in total. The van der Waals surface area contributed by atoms with Crippen LogP contribution in [0.1, 0.15) is 19.8 Å². The molecule has 1 saturated carbocycles. The Morgan fingerprint density at radius 2 is 2.28 bits per heavy atom. The number of benzene rings is 1. The Balaban J connectivity index is 2.00. The standard InChI is InChI=1S/C14H21NO2S/c1-3-15-14(11-7-8-11)10-18(16)13-6-4-5-12(9-13)17-2/h4-6,9,11,14-15H,3,7-8,10H2,1-2H3. The molecule has 4 heteroatoms. The monoisotopic (exact) mass is 267 g/mol. The third kappa shape index (κ3) is 3.56. The minimum atomic E-state index is -0.950. The van der Waals surface area contributed by atoms with Crippen molar-refractivity contribution in [1.82, 2.24) is 5.32 Å². The molecule has 18 heavy (non-hydrogen) atoms. The maximum atomic E-state index is 12.3. The first kappa shape index (κ1) is 13.6. The molecule has 1 fully saturated rings. The number of hydrogen-bond acceptors (Lipinski definition) is 3. The van der Waals surface area contributed by atoms with Crippen molar-refractivity contribution in [1.29, 1.82) is 0 Å². The lowest BCUT2D eigenvalue weighted by molar-refractivity contribution is 0.413. The van der Waals surface area contributed by atoms with Crippen LogP contribution in [0.5, 0.6) is 5.75 Å². The van der Waals surface area contributed by atoms with Gasteiger partial charge in [-0.3, -0.25) is 4.21 Å². The molecule has 0 aliphatic heterocycles. The summed E-state index contributed by atoms with van der Waals surface area (Å²) in [7, 11) is 0.683. The smallest absolute Gasteiger partial charge is 0.120 e. The number of hydrogen-bond donors (Lipinski definition) is 1. The zero-order valence-corrected chi connectivity index (χ0v) is 11.8. The van der Waals surface area contributed by atoms with Gasteiger partial charge in [0.05, 0.1) is 17.9 Å². The first-order chi connectivity index (χ1) is 8.74. The van der Waals surface area contributed by atoms with Gasteiger partial charge in [0.15, 0.2) is 0 Å². The summed E-state index contributed by atoms with van der Waals surface area (Å²) < 4.78 is 17.5. The van der Waals surface area contributed by atoms with E-state index in [2.05, 4.69) is 12.2 Å². The van der Waals surface area contributed by atoms with E-state index in [0.29, 0.717) is 11.8 Å². The van der Waals surface area contributed by atoms with Crippen LogP contribution in [0.15, 0.2) is 29.2 Å². The normalized spacial score (nSPS) is 18.3. The highest BCUT2D eigenvalue weighted by Gasteiger charge is 2.31. The second kappa shape index (κ2) is 6.34. The Kier molecular flexibility index (Phi) is 4.78. The van der Waals surface area contributed by atoms with Crippen LogP contribution in [0.2, 0.25) is 0 Å². The molecule has 100 valence electrons. The lowest BCUT2D eigenvalue weighted by Gasteiger charge is -2.16. The Bertz CT molecular complexity index is 418. The molecule has 1 aromatic rings. The highest BCUT2D eigenvalue weighted by molar-refractivity contribution is 7.85. The fraction of sp³-hybridized carbons (Fsp3) is 0.571. The quantitative estimate of drug-likeness (QED) is 0.823. The maximum absolute atomic E-state index is 12.3. The molecule has 2 atom stereocenters. The van der Waals surface area contributed by atoms with Crippen molar-refractivity contribution in [3.63, 3.8) is 0 Å². The largest absolute Gasteiger partial charge is 0.497 e. The first-order valence-corrected chi connectivity index (χ1v) is 7.82. The van der Waals surface area contributed by atoms with Gasteiger partial charge in [-0.25, -0.2) is 0 Å². The van der Waals surface area contributed by atoms with Crippen LogP contribution >= 0.6 is 0 Å². The van der Waals surface area contributed by atoms with Crippen molar-refractivity contribution < 1.29 is 8.95 Å². The summed E-state index contributed by atoms with van der Waals surface area (Å²) in [5, 5.41) is 3.45. The van der Waals surface area contributed by atoms with Crippen LogP contribution in [0.3, 0.4) is 0 Å². The van der Waals surface area contributed by atoms with Crippen LogP contribution in [-0.2, 0) is 10.8 Å². The molecule has 0 spiro atoms. The highest BCUT2D eigenvalue weighted by atomic mass is 32.2. The fourth-order valence-corrected chi connectivity index (χ4v) is 3.51. The van der Waals surface area contributed by atoms with Gasteiger partial charge in [0.25, 0.3) is 0 Å². The number of ether oxygens (including phenoxy) is 1. The van der Waals surface area contributed by atoms with Crippen molar-refractivity contribution in [3.05, 3.63) is 24.3 Å². The molecular formula is C14H21NO2S. The van der Waals surface area contributed by atoms with Gasteiger partial charge in [-0.1, -0.05) is 13.0 Å². The third-order valence-electron chi connectivity index (χ3n) is 3.29. The van der Waals surface area contributed by atoms with Crippen molar-refractivity contribution in [3.8, 4) is 5.75 Å². The molecule has 0 aromatic heterocycles. The zero-order chi connectivity index (χ0) is 13.0. The van der Waals surface area contributed by atoms with E-state index < -0.39 is 10.8 Å². The van der Waals surface area contributed by atoms with Gasteiger partial charge in [-0.05, 0) is 43.5 Å². The summed E-state index contributed by atoms with van der Waals surface area (Å²) >= 11 is 0. The molecule has 2 rings (SSSR count). The summed E-state index contributed by atoms with van der Waals surface area (Å²) in [4.78, 5) is 0.859. The summed E-state index contributed by atoms with van der Waals surface area (Å²) in [5.41, 5.74) is 0. The van der Waals surface area contributed by atoms with E-state index in [1.54, 1.807) is 7.11 Å². The lowest BCUT2D eigenvalue weighted by Crippen LogP contribution is -2.35. The van der Waals surface area contributed by atoms with Crippen molar-refractivity contribution in [2.24, 2.45) is 5.92 Å². The van der Waals surface area contributed by atoms with Crippen molar-refractivity contribution in [2.45, 2.75) is 30.7 Å². The SMILES string of the molecule is CCNC(CS(=O)c1cccc(OC)c1)C1CC1. The van der Waals surface area contributed by atoms with E-state index in [0.717, 1.165) is 23.1 Å². The Hall–Kier alpha value is -0.870. The van der Waals surface area contributed by atoms with Gasteiger partial charge in [0.2, 0.25) is 0 Å². The zero-order valence-electron chi connectivity index (χ0n) is 11.0. The third-order valence-corrected chi connectivity index (χ3v) is 4.73. The van der Waals surface area contributed by atoms with Gasteiger partial charge in [0, 0.05) is 16.7 Å². The van der Waals surface area contributed by atoms with Gasteiger partial charge in [-0.15, -0.1) is 0 Å². The minimum Gasteiger partial charge on any atom is -0.497 e. The average Bonchev–Trinajstić information content (AvgIpc) is 3.22. The molecule has 2 unspecified atom stereocenters. The van der Waals surface area contributed by atoms with Crippen LogP contribution in [-0.4, -0.2) is 29.7 Å². The van der Waals surface area contributed by atoms with Gasteiger partial charge >= 0.3 is 0 Å².